The summed E-state index contributed by atoms with van der Waals surface area (Å²) in [7, 11) is 0. The number of imidazole rings is 1. The number of ether oxygens (including phenoxy) is 1. The van der Waals surface area contributed by atoms with Crippen molar-refractivity contribution < 1.29 is 19.3 Å². The minimum atomic E-state index is -0.557. The summed E-state index contributed by atoms with van der Waals surface area (Å²) in [6, 6.07) is 9.52. The summed E-state index contributed by atoms with van der Waals surface area (Å²) in [6.45, 7) is 2.35. The molecule has 6 heteroatoms. The monoisotopic (exact) mass is 274 g/mol. The first kappa shape index (κ1) is 13.8. The number of aromatic nitrogens is 2. The molecule has 1 amide bonds. The summed E-state index contributed by atoms with van der Waals surface area (Å²) in [5.41, 5.74) is 1.27. The Bertz CT molecular complexity index is 593. The van der Waals surface area contributed by atoms with Crippen LogP contribution in [-0.4, -0.2) is 23.5 Å². The summed E-state index contributed by atoms with van der Waals surface area (Å²) in [5, 5.41) is 2.74. The number of rotatable bonds is 5. The van der Waals surface area contributed by atoms with Crippen LogP contribution in [0.25, 0.3) is 0 Å². The molecule has 2 rings (SSSR count). The minimum Gasteiger partial charge on any atom is -0.460 e. The molecule has 0 aliphatic carbocycles. The van der Waals surface area contributed by atoms with Gasteiger partial charge in [-0.15, -0.1) is 0 Å². The Labute approximate surface area is 116 Å². The third kappa shape index (κ3) is 3.23. The average molecular weight is 274 g/mol. The van der Waals surface area contributed by atoms with Crippen molar-refractivity contribution in [3.63, 3.8) is 0 Å². The summed E-state index contributed by atoms with van der Waals surface area (Å²) in [6.07, 6.45) is 1.42. The first-order valence-corrected chi connectivity index (χ1v) is 6.30. The van der Waals surface area contributed by atoms with Crippen LogP contribution in [0.4, 0.5) is 0 Å². The number of esters is 1. The molecule has 0 saturated carbocycles. The molecule has 0 aliphatic heterocycles. The molecule has 1 heterocycles. The SMILES string of the molecule is CCOC(=O)c1[nH]c[nH+]c1C(=O)NCc1ccccc1. The van der Waals surface area contributed by atoms with Crippen molar-refractivity contribution in [3.8, 4) is 0 Å². The van der Waals surface area contributed by atoms with E-state index in [9.17, 15) is 9.59 Å². The van der Waals surface area contributed by atoms with Crippen LogP contribution in [0.3, 0.4) is 0 Å². The van der Waals surface area contributed by atoms with Gasteiger partial charge >= 0.3 is 5.97 Å². The van der Waals surface area contributed by atoms with Crippen LogP contribution in [0.5, 0.6) is 0 Å². The van der Waals surface area contributed by atoms with Crippen molar-refractivity contribution in [1.82, 2.24) is 10.3 Å². The van der Waals surface area contributed by atoms with Crippen molar-refractivity contribution in [2.75, 3.05) is 6.61 Å². The predicted molar refractivity (Wildman–Crippen MR) is 70.9 cm³/mol. The zero-order valence-corrected chi connectivity index (χ0v) is 11.1. The number of aromatic amines is 2. The van der Waals surface area contributed by atoms with Crippen molar-refractivity contribution in [3.05, 3.63) is 53.6 Å². The Morgan fingerprint density at radius 3 is 2.75 bits per heavy atom. The van der Waals surface area contributed by atoms with E-state index in [0.717, 1.165) is 5.56 Å². The second-order valence-electron chi connectivity index (χ2n) is 4.07. The zero-order valence-electron chi connectivity index (χ0n) is 11.1. The number of hydrogen-bond donors (Lipinski definition) is 2. The van der Waals surface area contributed by atoms with Gasteiger partial charge in [0.25, 0.3) is 11.6 Å². The Balaban J connectivity index is 2.03. The molecule has 0 saturated heterocycles. The van der Waals surface area contributed by atoms with E-state index < -0.39 is 5.97 Å². The molecule has 6 nitrogen and oxygen atoms in total. The highest BCUT2D eigenvalue weighted by atomic mass is 16.5. The van der Waals surface area contributed by atoms with Gasteiger partial charge in [0.15, 0.2) is 0 Å². The van der Waals surface area contributed by atoms with Gasteiger partial charge < -0.3 is 10.1 Å². The Morgan fingerprint density at radius 1 is 1.30 bits per heavy atom. The molecule has 0 spiro atoms. The number of carbonyl (C=O) groups is 2. The molecule has 1 aromatic heterocycles. The second kappa shape index (κ2) is 6.51. The Kier molecular flexibility index (Phi) is 4.49. The molecular formula is C14H16N3O3+. The van der Waals surface area contributed by atoms with Gasteiger partial charge in [-0.1, -0.05) is 30.3 Å². The first-order chi connectivity index (χ1) is 9.72. The van der Waals surface area contributed by atoms with Gasteiger partial charge in [0.1, 0.15) is 0 Å². The maximum atomic E-state index is 12.0. The number of amides is 1. The van der Waals surface area contributed by atoms with Crippen LogP contribution in [0.15, 0.2) is 36.7 Å². The van der Waals surface area contributed by atoms with Gasteiger partial charge in [-0.2, -0.15) is 0 Å². The highest BCUT2D eigenvalue weighted by molar-refractivity contribution is 6.01. The van der Waals surface area contributed by atoms with E-state index in [4.69, 9.17) is 4.74 Å². The number of nitrogens with one attached hydrogen (secondary N) is 3. The smallest absolute Gasteiger partial charge is 0.383 e. The largest absolute Gasteiger partial charge is 0.460 e. The molecule has 2 aromatic rings. The molecule has 0 fully saturated rings. The zero-order chi connectivity index (χ0) is 14.4. The molecule has 20 heavy (non-hydrogen) atoms. The molecular weight excluding hydrogens is 258 g/mol. The molecule has 0 aliphatic rings. The van der Waals surface area contributed by atoms with E-state index in [0.29, 0.717) is 6.54 Å². The fraction of sp³-hybridized carbons (Fsp3) is 0.214. The fourth-order valence-electron chi connectivity index (χ4n) is 1.73. The van der Waals surface area contributed by atoms with Gasteiger partial charge in [-0.3, -0.25) is 4.79 Å². The topological polar surface area (TPSA) is 85.3 Å². The standard InChI is InChI=1S/C14H15N3O3/c1-2-20-14(19)12-11(16-9-17-12)13(18)15-8-10-6-4-3-5-7-10/h3-7,9H,2,8H2,1H3,(H,15,18)(H,16,17)/p+1. The number of carbonyl (C=O) groups excluding carboxylic acids is 2. The van der Waals surface area contributed by atoms with Gasteiger partial charge in [0, 0.05) is 6.54 Å². The lowest BCUT2D eigenvalue weighted by Crippen LogP contribution is -2.29. The van der Waals surface area contributed by atoms with E-state index in [1.807, 2.05) is 30.3 Å². The molecule has 0 atom stereocenters. The second-order valence-corrected chi connectivity index (χ2v) is 4.07. The normalized spacial score (nSPS) is 10.1. The van der Waals surface area contributed by atoms with Crippen molar-refractivity contribution >= 4 is 11.9 Å². The summed E-state index contributed by atoms with van der Waals surface area (Å²) in [5.74, 6) is -0.920. The lowest BCUT2D eigenvalue weighted by molar-refractivity contribution is -0.379. The quantitative estimate of drug-likeness (QED) is 0.795. The third-order valence-corrected chi connectivity index (χ3v) is 2.69. The van der Waals surface area contributed by atoms with Crippen molar-refractivity contribution in [2.24, 2.45) is 0 Å². The van der Waals surface area contributed by atoms with E-state index in [1.54, 1.807) is 6.92 Å². The van der Waals surface area contributed by atoms with Gasteiger partial charge in [-0.25, -0.2) is 14.8 Å². The number of hydrogen-bond acceptors (Lipinski definition) is 3. The van der Waals surface area contributed by atoms with Crippen LogP contribution < -0.4 is 10.3 Å². The van der Waals surface area contributed by atoms with Gasteiger partial charge in [0.2, 0.25) is 12.0 Å². The summed E-state index contributed by atoms with van der Waals surface area (Å²) < 4.78 is 4.87. The number of benzene rings is 1. The first-order valence-electron chi connectivity index (χ1n) is 6.30. The Morgan fingerprint density at radius 2 is 2.05 bits per heavy atom. The molecule has 0 unspecified atom stereocenters. The lowest BCUT2D eigenvalue weighted by atomic mass is 10.2. The molecule has 3 N–H and O–H groups in total. The van der Waals surface area contributed by atoms with Crippen molar-refractivity contribution in [2.45, 2.75) is 13.5 Å². The van der Waals surface area contributed by atoms with E-state index in [-0.39, 0.29) is 23.9 Å². The van der Waals surface area contributed by atoms with Crippen LogP contribution >= 0.6 is 0 Å². The molecule has 104 valence electrons. The minimum absolute atomic E-state index is 0.123. The molecule has 0 radical (unpaired) electrons. The van der Waals surface area contributed by atoms with Crippen LogP contribution in [0, 0.1) is 0 Å². The third-order valence-electron chi connectivity index (χ3n) is 2.69. The maximum absolute atomic E-state index is 12.0. The van der Waals surface area contributed by atoms with E-state index in [2.05, 4.69) is 15.3 Å². The average Bonchev–Trinajstić information content (AvgIpc) is 2.96. The maximum Gasteiger partial charge on any atom is 0.383 e. The fourth-order valence-corrected chi connectivity index (χ4v) is 1.73. The number of H-pyrrole nitrogens is 2. The van der Waals surface area contributed by atoms with Crippen LogP contribution in [-0.2, 0) is 11.3 Å². The van der Waals surface area contributed by atoms with Crippen LogP contribution in [0.2, 0.25) is 0 Å². The Hall–Kier alpha value is -2.63. The van der Waals surface area contributed by atoms with E-state index >= 15 is 0 Å². The summed E-state index contributed by atoms with van der Waals surface area (Å²) in [4.78, 5) is 29.1. The van der Waals surface area contributed by atoms with Gasteiger partial charge in [0.05, 0.1) is 6.61 Å². The highest BCUT2D eigenvalue weighted by Gasteiger charge is 2.26. The lowest BCUT2D eigenvalue weighted by Gasteiger charge is -2.03. The molecule has 0 bridgehead atoms. The predicted octanol–water partition coefficient (Wildman–Crippen LogP) is 0.935. The van der Waals surface area contributed by atoms with Crippen molar-refractivity contribution in [1.29, 1.82) is 0 Å². The summed E-state index contributed by atoms with van der Waals surface area (Å²) >= 11 is 0. The van der Waals surface area contributed by atoms with Gasteiger partial charge in [-0.05, 0) is 12.5 Å². The van der Waals surface area contributed by atoms with E-state index in [1.165, 1.54) is 6.33 Å². The molecule has 1 aromatic carbocycles. The van der Waals surface area contributed by atoms with Crippen LogP contribution in [0.1, 0.15) is 33.5 Å². The highest BCUT2D eigenvalue weighted by Crippen LogP contribution is 2.03.